The number of carbonyl (C=O) groups excluding carboxylic acids is 3. The van der Waals surface area contributed by atoms with Crippen molar-refractivity contribution >= 4 is 17.7 Å². The minimum absolute atomic E-state index is 0.231. The van der Waals surface area contributed by atoms with E-state index in [2.05, 4.69) is 5.32 Å². The van der Waals surface area contributed by atoms with E-state index >= 15 is 0 Å². The highest BCUT2D eigenvalue weighted by molar-refractivity contribution is 6.12. The molecule has 3 rings (SSSR count). The Labute approximate surface area is 188 Å². The fourth-order valence-electron chi connectivity index (χ4n) is 4.54. The smallest absolute Gasteiger partial charge is 0.336 e. The second kappa shape index (κ2) is 10.0. The highest BCUT2D eigenvalue weighted by Crippen LogP contribution is 2.47. The molecule has 0 bridgehead atoms. The number of benzene rings is 1. The first-order valence-electron chi connectivity index (χ1n) is 11.1. The van der Waals surface area contributed by atoms with Gasteiger partial charge in [0.1, 0.15) is 11.7 Å². The minimum Gasteiger partial charge on any atom is -0.494 e. The van der Waals surface area contributed by atoms with E-state index in [-0.39, 0.29) is 18.3 Å². The summed E-state index contributed by atoms with van der Waals surface area (Å²) in [5.41, 5.74) is 2.81. The third kappa shape index (κ3) is 4.29. The molecule has 172 valence electrons. The summed E-state index contributed by atoms with van der Waals surface area (Å²) in [7, 11) is 1.28. The van der Waals surface area contributed by atoms with Crippen LogP contribution in [0.1, 0.15) is 52.0 Å². The zero-order valence-corrected chi connectivity index (χ0v) is 19.3. The molecule has 0 saturated heterocycles. The number of rotatable bonds is 7. The lowest BCUT2D eigenvalue weighted by Crippen LogP contribution is -2.43. The van der Waals surface area contributed by atoms with Crippen molar-refractivity contribution in [1.82, 2.24) is 5.32 Å². The second-order valence-electron chi connectivity index (χ2n) is 8.14. The maximum absolute atomic E-state index is 13.7. The fraction of sp³-hybridized carbons (Fsp3) is 0.480. The molecular formula is C25H31NO6. The second-order valence-corrected chi connectivity index (χ2v) is 8.14. The summed E-state index contributed by atoms with van der Waals surface area (Å²) >= 11 is 0. The van der Waals surface area contributed by atoms with Crippen LogP contribution in [0.3, 0.4) is 0 Å². The van der Waals surface area contributed by atoms with Crippen molar-refractivity contribution in [3.8, 4) is 5.75 Å². The van der Waals surface area contributed by atoms with Crippen LogP contribution in [-0.2, 0) is 23.9 Å². The number of esters is 2. The van der Waals surface area contributed by atoms with Crippen molar-refractivity contribution < 1.29 is 28.6 Å². The quantitative estimate of drug-likeness (QED) is 0.510. The van der Waals surface area contributed by atoms with E-state index in [1.54, 1.807) is 0 Å². The molecule has 1 aromatic carbocycles. The van der Waals surface area contributed by atoms with Crippen molar-refractivity contribution in [1.29, 1.82) is 0 Å². The van der Waals surface area contributed by atoms with Gasteiger partial charge in [-0.2, -0.15) is 0 Å². The lowest BCUT2D eigenvalue weighted by atomic mass is 9.69. The molecule has 1 aliphatic carbocycles. The van der Waals surface area contributed by atoms with Gasteiger partial charge in [0.05, 0.1) is 31.8 Å². The average Bonchev–Trinajstić information content (AvgIpc) is 2.77. The number of para-hydroxylation sites is 1. The average molecular weight is 442 g/mol. The number of carbonyl (C=O) groups is 3. The molecule has 0 aromatic heterocycles. The Morgan fingerprint density at radius 2 is 1.91 bits per heavy atom. The third-order valence-electron chi connectivity index (χ3n) is 5.93. The Hall–Kier alpha value is -3.09. The van der Waals surface area contributed by atoms with Crippen LogP contribution in [0.2, 0.25) is 0 Å². The van der Waals surface area contributed by atoms with Crippen LogP contribution in [0.5, 0.6) is 5.75 Å². The Kier molecular flexibility index (Phi) is 7.38. The first-order valence-corrected chi connectivity index (χ1v) is 11.1. The van der Waals surface area contributed by atoms with E-state index in [4.69, 9.17) is 14.2 Å². The maximum atomic E-state index is 13.7. The van der Waals surface area contributed by atoms with Crippen LogP contribution in [-0.4, -0.2) is 38.0 Å². The van der Waals surface area contributed by atoms with Gasteiger partial charge in [-0.1, -0.05) is 32.0 Å². The Morgan fingerprint density at radius 1 is 1.19 bits per heavy atom. The fourth-order valence-corrected chi connectivity index (χ4v) is 4.54. The molecule has 0 radical (unpaired) electrons. The summed E-state index contributed by atoms with van der Waals surface area (Å²) in [6.07, 6.45) is 1.17. The van der Waals surface area contributed by atoms with E-state index in [9.17, 15) is 14.4 Å². The Balaban J connectivity index is 2.21. The van der Waals surface area contributed by atoms with Gasteiger partial charge in [-0.25, -0.2) is 4.79 Å². The standard InChI is InChI=1S/C25H31NO6/c1-6-12-32-25(29)20-15(4)26-17-13-14(3)19(24(28)30-5)23(27)22(17)21(20)16-10-8-9-11-18(16)31-7-2/h8-11,14,19,21,26H,6-7,12-13H2,1-5H3/t14-,19+,21+/m1/s1. The van der Waals surface area contributed by atoms with E-state index in [1.165, 1.54) is 7.11 Å². The summed E-state index contributed by atoms with van der Waals surface area (Å²) in [5, 5.41) is 3.26. The molecule has 0 fully saturated rings. The van der Waals surface area contributed by atoms with Crippen LogP contribution in [0, 0.1) is 11.8 Å². The van der Waals surface area contributed by atoms with Crippen molar-refractivity contribution in [3.63, 3.8) is 0 Å². The molecular weight excluding hydrogens is 410 g/mol. The summed E-state index contributed by atoms with van der Waals surface area (Å²) in [6, 6.07) is 7.36. The first kappa shape index (κ1) is 23.6. The van der Waals surface area contributed by atoms with Crippen molar-refractivity contribution in [2.24, 2.45) is 11.8 Å². The summed E-state index contributed by atoms with van der Waals surface area (Å²) in [4.78, 5) is 39.3. The number of Topliss-reactive ketones (excluding diaryl/α,β-unsaturated/α-hetero) is 1. The van der Waals surface area contributed by atoms with Gasteiger partial charge in [-0.3, -0.25) is 9.59 Å². The van der Waals surface area contributed by atoms with Gasteiger partial charge in [-0.05, 0) is 38.7 Å². The zero-order chi connectivity index (χ0) is 23.4. The van der Waals surface area contributed by atoms with Gasteiger partial charge >= 0.3 is 11.9 Å². The molecule has 0 amide bonds. The van der Waals surface area contributed by atoms with Crippen LogP contribution < -0.4 is 10.1 Å². The molecule has 1 aliphatic heterocycles. The number of hydrogen-bond donors (Lipinski definition) is 1. The molecule has 1 heterocycles. The van der Waals surface area contributed by atoms with E-state index in [0.29, 0.717) is 47.6 Å². The predicted octanol–water partition coefficient (Wildman–Crippen LogP) is 3.65. The molecule has 0 saturated carbocycles. The minimum atomic E-state index is -0.923. The Morgan fingerprint density at radius 3 is 2.56 bits per heavy atom. The SMILES string of the molecule is CCCOC(=O)C1=C(C)NC2=C(C(=O)[C@@H](C(=O)OC)[C@H](C)C2)[C@H]1c1ccccc1OCC. The van der Waals surface area contributed by atoms with E-state index < -0.39 is 23.8 Å². The highest BCUT2D eigenvalue weighted by Gasteiger charge is 2.47. The molecule has 7 heteroatoms. The van der Waals surface area contributed by atoms with E-state index in [0.717, 1.165) is 5.70 Å². The highest BCUT2D eigenvalue weighted by atomic mass is 16.5. The number of ketones is 1. The number of allylic oxidation sites excluding steroid dienone is 3. The van der Waals surface area contributed by atoms with Gasteiger partial charge in [0, 0.05) is 22.5 Å². The topological polar surface area (TPSA) is 90.9 Å². The monoisotopic (exact) mass is 441 g/mol. The van der Waals surface area contributed by atoms with Crippen LogP contribution in [0.15, 0.2) is 46.8 Å². The van der Waals surface area contributed by atoms with Gasteiger partial charge < -0.3 is 19.5 Å². The van der Waals surface area contributed by atoms with Gasteiger partial charge in [-0.15, -0.1) is 0 Å². The molecule has 0 unspecified atom stereocenters. The molecule has 32 heavy (non-hydrogen) atoms. The molecule has 0 spiro atoms. The normalized spacial score (nSPS) is 22.8. The number of nitrogens with one attached hydrogen (secondary N) is 1. The van der Waals surface area contributed by atoms with Gasteiger partial charge in [0.25, 0.3) is 0 Å². The maximum Gasteiger partial charge on any atom is 0.336 e. The van der Waals surface area contributed by atoms with E-state index in [1.807, 2.05) is 52.0 Å². The molecule has 2 aliphatic rings. The third-order valence-corrected chi connectivity index (χ3v) is 5.93. The number of hydrogen-bond acceptors (Lipinski definition) is 7. The largest absolute Gasteiger partial charge is 0.494 e. The Bertz CT molecular complexity index is 976. The zero-order valence-electron chi connectivity index (χ0n) is 19.3. The van der Waals surface area contributed by atoms with Crippen molar-refractivity contribution in [2.45, 2.75) is 46.5 Å². The van der Waals surface area contributed by atoms with Crippen LogP contribution >= 0.6 is 0 Å². The summed E-state index contributed by atoms with van der Waals surface area (Å²) in [5.74, 6) is -2.65. The van der Waals surface area contributed by atoms with Gasteiger partial charge in [0.15, 0.2) is 5.78 Å². The summed E-state index contributed by atoms with van der Waals surface area (Å²) in [6.45, 7) is 8.17. The number of ether oxygens (including phenoxy) is 3. The predicted molar refractivity (Wildman–Crippen MR) is 119 cm³/mol. The lowest BCUT2D eigenvalue weighted by Gasteiger charge is -2.38. The van der Waals surface area contributed by atoms with Crippen molar-refractivity contribution in [3.05, 3.63) is 52.4 Å². The van der Waals surface area contributed by atoms with Gasteiger partial charge in [0.2, 0.25) is 0 Å². The molecule has 1 aromatic rings. The molecule has 1 N–H and O–H groups in total. The molecule has 7 nitrogen and oxygen atoms in total. The van der Waals surface area contributed by atoms with Crippen LogP contribution in [0.25, 0.3) is 0 Å². The number of methoxy groups -OCH3 is 1. The first-order chi connectivity index (χ1) is 15.3. The van der Waals surface area contributed by atoms with Crippen molar-refractivity contribution in [2.75, 3.05) is 20.3 Å². The molecule has 3 atom stereocenters. The number of dihydropyridines is 1. The van der Waals surface area contributed by atoms with Crippen LogP contribution in [0.4, 0.5) is 0 Å². The lowest BCUT2D eigenvalue weighted by molar-refractivity contribution is -0.151. The summed E-state index contributed by atoms with van der Waals surface area (Å²) < 4.78 is 16.3.